The van der Waals surface area contributed by atoms with Gasteiger partial charge in [-0.05, 0) is 31.9 Å². The first-order chi connectivity index (χ1) is 14.8. The highest BCUT2D eigenvalue weighted by molar-refractivity contribution is 5.96. The summed E-state index contributed by atoms with van der Waals surface area (Å²) in [6.45, 7) is 4.71. The summed E-state index contributed by atoms with van der Waals surface area (Å²) in [5, 5.41) is 10.5. The van der Waals surface area contributed by atoms with Crippen LogP contribution in [0.25, 0.3) is 0 Å². The van der Waals surface area contributed by atoms with Gasteiger partial charge in [-0.15, -0.1) is 0 Å². The number of hydrogen-bond donors (Lipinski definition) is 3. The molecule has 8 heteroatoms. The summed E-state index contributed by atoms with van der Waals surface area (Å²) in [5.74, 6) is 1.20. The summed E-state index contributed by atoms with van der Waals surface area (Å²) in [4.78, 5) is 23.8. The number of rotatable bonds is 7. The summed E-state index contributed by atoms with van der Waals surface area (Å²) < 4.78 is 5.27. The van der Waals surface area contributed by atoms with Gasteiger partial charge in [0, 0.05) is 44.1 Å². The minimum atomic E-state index is -0.348. The van der Waals surface area contributed by atoms with Crippen molar-refractivity contribution in [3.8, 4) is 0 Å². The molecule has 1 saturated carbocycles. The van der Waals surface area contributed by atoms with Crippen LogP contribution in [0.1, 0.15) is 43.0 Å². The quantitative estimate of drug-likeness (QED) is 0.600. The molecule has 2 fully saturated rings. The van der Waals surface area contributed by atoms with E-state index in [1.54, 1.807) is 12.4 Å². The van der Waals surface area contributed by atoms with Gasteiger partial charge in [0.05, 0.1) is 12.3 Å². The second-order valence-corrected chi connectivity index (χ2v) is 7.67. The molecule has 160 valence electrons. The molecule has 0 spiro atoms. The zero-order chi connectivity index (χ0) is 20.8. The molecule has 8 nitrogen and oxygen atoms in total. The molecule has 1 aliphatic heterocycles. The molecule has 4 rings (SSSR count). The largest absolute Gasteiger partial charge is 0.462 e. The van der Waals surface area contributed by atoms with Crippen LogP contribution in [-0.2, 0) is 4.74 Å². The molecule has 0 amide bonds. The number of ether oxygens (including phenoxy) is 1. The monoisotopic (exact) mass is 410 g/mol. The fourth-order valence-corrected chi connectivity index (χ4v) is 4.11. The van der Waals surface area contributed by atoms with Crippen molar-refractivity contribution in [2.45, 2.75) is 44.8 Å². The number of anilines is 3. The van der Waals surface area contributed by atoms with E-state index < -0.39 is 0 Å². The van der Waals surface area contributed by atoms with Crippen molar-refractivity contribution < 1.29 is 9.53 Å². The summed E-state index contributed by atoms with van der Waals surface area (Å²) in [5.41, 5.74) is 1.25. The molecule has 1 atom stereocenters. The number of nitrogens with one attached hydrogen (secondary N) is 3. The smallest absolute Gasteiger partial charge is 0.341 e. The number of carbonyl (C=O) groups excluding carboxylic acids is 1. The van der Waals surface area contributed by atoms with Crippen LogP contribution in [0.15, 0.2) is 36.7 Å². The average molecular weight is 411 g/mol. The zero-order valence-electron chi connectivity index (χ0n) is 17.4. The minimum absolute atomic E-state index is 0.00826. The molecule has 0 aromatic carbocycles. The molecule has 1 saturated heterocycles. The van der Waals surface area contributed by atoms with Crippen LogP contribution >= 0.6 is 0 Å². The van der Waals surface area contributed by atoms with Crippen molar-refractivity contribution in [3.05, 3.63) is 42.2 Å². The van der Waals surface area contributed by atoms with E-state index in [0.29, 0.717) is 18.2 Å². The van der Waals surface area contributed by atoms with Crippen LogP contribution in [0.4, 0.5) is 17.3 Å². The predicted octanol–water partition coefficient (Wildman–Crippen LogP) is 2.66. The lowest BCUT2D eigenvalue weighted by Gasteiger charge is -2.35. The number of nitrogens with zero attached hydrogens (tertiary/aromatic N) is 3. The number of carbonyl (C=O) groups is 1. The van der Waals surface area contributed by atoms with Gasteiger partial charge in [-0.1, -0.05) is 18.9 Å². The van der Waals surface area contributed by atoms with Gasteiger partial charge in [0.1, 0.15) is 23.4 Å². The van der Waals surface area contributed by atoms with Gasteiger partial charge < -0.3 is 15.4 Å². The topological polar surface area (TPSA) is 91.4 Å². The third-order valence-corrected chi connectivity index (χ3v) is 5.57. The Hall–Kier alpha value is -2.71. The lowest BCUT2D eigenvalue weighted by molar-refractivity contribution is 0.0527. The highest BCUT2D eigenvalue weighted by Crippen LogP contribution is 2.30. The van der Waals surface area contributed by atoms with Gasteiger partial charge in [0.15, 0.2) is 0 Å². The molecule has 1 unspecified atom stereocenters. The van der Waals surface area contributed by atoms with Gasteiger partial charge in [-0.3, -0.25) is 10.2 Å². The Labute approximate surface area is 177 Å². The SMILES string of the molecule is CCOC(=O)c1cnc(N(c2ccccn2)C2CNCCN2)cc1NC1CCCC1. The Morgan fingerprint density at radius 2 is 2.10 bits per heavy atom. The van der Waals surface area contributed by atoms with E-state index in [0.717, 1.165) is 49.8 Å². The molecule has 2 aromatic heterocycles. The van der Waals surface area contributed by atoms with Crippen molar-refractivity contribution >= 4 is 23.3 Å². The Bertz CT molecular complexity index is 835. The van der Waals surface area contributed by atoms with Crippen molar-refractivity contribution in [1.82, 2.24) is 20.6 Å². The Kier molecular flexibility index (Phi) is 6.76. The summed E-state index contributed by atoms with van der Waals surface area (Å²) in [6.07, 6.45) is 8.05. The maximum absolute atomic E-state index is 12.5. The van der Waals surface area contributed by atoms with Crippen LogP contribution < -0.4 is 20.9 Å². The molecule has 2 aliphatic rings. The summed E-state index contributed by atoms with van der Waals surface area (Å²) in [6, 6.07) is 8.16. The number of piperazine rings is 1. The van der Waals surface area contributed by atoms with Crippen LogP contribution in [0.5, 0.6) is 0 Å². The molecule has 1 aliphatic carbocycles. The minimum Gasteiger partial charge on any atom is -0.462 e. The third-order valence-electron chi connectivity index (χ3n) is 5.57. The standard InChI is InChI=1S/C22H30N6O2/c1-2-30-22(29)17-14-26-20(13-18(17)27-16-7-3-4-8-16)28(19-9-5-6-10-24-19)21-15-23-11-12-25-21/h5-6,9-10,13-14,16,21,23,25H,2-4,7-8,11-12,15H2,1H3,(H,26,27). The van der Waals surface area contributed by atoms with Gasteiger partial charge in [-0.25, -0.2) is 14.8 Å². The van der Waals surface area contributed by atoms with Crippen LogP contribution in [-0.4, -0.2) is 54.4 Å². The predicted molar refractivity (Wildman–Crippen MR) is 117 cm³/mol. The van der Waals surface area contributed by atoms with E-state index in [-0.39, 0.29) is 12.1 Å². The molecular weight excluding hydrogens is 380 g/mol. The van der Waals surface area contributed by atoms with E-state index in [4.69, 9.17) is 4.74 Å². The Morgan fingerprint density at radius 3 is 2.80 bits per heavy atom. The van der Waals surface area contributed by atoms with E-state index in [1.165, 1.54) is 12.8 Å². The summed E-state index contributed by atoms with van der Waals surface area (Å²) in [7, 11) is 0. The molecular formula is C22H30N6O2. The Balaban J connectivity index is 1.71. The first-order valence-electron chi connectivity index (χ1n) is 10.8. The number of pyridine rings is 2. The maximum atomic E-state index is 12.5. The third kappa shape index (κ3) is 4.71. The number of esters is 1. The Morgan fingerprint density at radius 1 is 1.23 bits per heavy atom. The van der Waals surface area contributed by atoms with E-state index in [1.807, 2.05) is 31.2 Å². The van der Waals surface area contributed by atoms with Crippen molar-refractivity contribution in [3.63, 3.8) is 0 Å². The van der Waals surface area contributed by atoms with Gasteiger partial charge in [0.25, 0.3) is 0 Å². The maximum Gasteiger partial charge on any atom is 0.341 e. The second-order valence-electron chi connectivity index (χ2n) is 7.67. The van der Waals surface area contributed by atoms with Crippen molar-refractivity contribution in [2.24, 2.45) is 0 Å². The van der Waals surface area contributed by atoms with Crippen LogP contribution in [0.2, 0.25) is 0 Å². The van der Waals surface area contributed by atoms with Gasteiger partial charge >= 0.3 is 5.97 Å². The molecule has 3 heterocycles. The average Bonchev–Trinajstić information content (AvgIpc) is 3.29. The van der Waals surface area contributed by atoms with Gasteiger partial charge in [-0.2, -0.15) is 0 Å². The second kappa shape index (κ2) is 9.86. The first-order valence-corrected chi connectivity index (χ1v) is 10.8. The van der Waals surface area contributed by atoms with Gasteiger partial charge in [0.2, 0.25) is 0 Å². The highest BCUT2D eigenvalue weighted by Gasteiger charge is 2.27. The molecule has 2 aromatic rings. The lowest BCUT2D eigenvalue weighted by atomic mass is 10.1. The van der Waals surface area contributed by atoms with E-state index >= 15 is 0 Å². The number of hydrogen-bond acceptors (Lipinski definition) is 8. The molecule has 0 radical (unpaired) electrons. The van der Waals surface area contributed by atoms with E-state index in [9.17, 15) is 4.79 Å². The molecule has 30 heavy (non-hydrogen) atoms. The normalized spacial score (nSPS) is 19.4. The molecule has 3 N–H and O–H groups in total. The zero-order valence-corrected chi connectivity index (χ0v) is 17.4. The highest BCUT2D eigenvalue weighted by atomic mass is 16.5. The number of aromatic nitrogens is 2. The van der Waals surface area contributed by atoms with E-state index in [2.05, 4.69) is 30.8 Å². The molecule has 0 bridgehead atoms. The fraction of sp³-hybridized carbons (Fsp3) is 0.500. The summed E-state index contributed by atoms with van der Waals surface area (Å²) >= 11 is 0. The lowest BCUT2D eigenvalue weighted by Crippen LogP contribution is -2.56. The first kappa shape index (κ1) is 20.6. The van der Waals surface area contributed by atoms with Crippen LogP contribution in [0, 0.1) is 0 Å². The van der Waals surface area contributed by atoms with Crippen LogP contribution in [0.3, 0.4) is 0 Å². The fourth-order valence-electron chi connectivity index (χ4n) is 4.11. The van der Waals surface area contributed by atoms with Crippen molar-refractivity contribution in [1.29, 1.82) is 0 Å². The van der Waals surface area contributed by atoms with Crippen molar-refractivity contribution in [2.75, 3.05) is 36.5 Å².